The summed E-state index contributed by atoms with van der Waals surface area (Å²) >= 11 is 0. The highest BCUT2D eigenvalue weighted by Gasteiger charge is 2.17. The molecule has 1 rings (SSSR count). The van der Waals surface area contributed by atoms with Gasteiger partial charge in [0, 0.05) is 30.9 Å². The molecule has 0 N–H and O–H groups in total. The molecule has 1 aromatic rings. The van der Waals surface area contributed by atoms with Crippen LogP contribution in [0.1, 0.15) is 111 Å². The second kappa shape index (κ2) is 18.0. The molecule has 0 aliphatic carbocycles. The number of hydrogen-bond acceptors (Lipinski definition) is 3. The Hall–Kier alpha value is -1.76. The lowest BCUT2D eigenvalue weighted by Gasteiger charge is -2.23. The van der Waals surface area contributed by atoms with Crippen LogP contribution in [0.25, 0.3) is 4.98 Å². The molecule has 0 heterocycles. The van der Waals surface area contributed by atoms with Gasteiger partial charge in [-0.25, -0.2) is 0 Å². The van der Waals surface area contributed by atoms with Crippen molar-refractivity contribution in [1.82, 2.24) is 0 Å². The van der Waals surface area contributed by atoms with Crippen molar-refractivity contribution in [1.29, 1.82) is 5.39 Å². The number of rotatable bonds is 19. The number of diazo groups is 1. The quantitative estimate of drug-likeness (QED) is 0.167. The summed E-state index contributed by atoms with van der Waals surface area (Å²) in [7, 11) is 0. The van der Waals surface area contributed by atoms with E-state index in [2.05, 4.69) is 23.7 Å². The maximum atomic E-state index is 9.11. The molecule has 170 valence electrons. The maximum absolute atomic E-state index is 9.11. The van der Waals surface area contributed by atoms with E-state index in [-0.39, 0.29) is 0 Å². The molecule has 0 aliphatic heterocycles. The Morgan fingerprint density at radius 3 is 1.77 bits per heavy atom. The topological polar surface area (TPSA) is 40.6 Å². The van der Waals surface area contributed by atoms with Crippen LogP contribution in [0.5, 0.6) is 5.75 Å². The summed E-state index contributed by atoms with van der Waals surface area (Å²) in [4.78, 5) is 5.69. The molecule has 0 aliphatic rings. The van der Waals surface area contributed by atoms with Crippen molar-refractivity contribution in [3.05, 3.63) is 23.2 Å². The van der Waals surface area contributed by atoms with Crippen LogP contribution >= 0.6 is 0 Å². The lowest BCUT2D eigenvalue weighted by molar-refractivity contribution is 0.342. The average molecular weight is 417 g/mol. The predicted molar refractivity (Wildman–Crippen MR) is 131 cm³/mol. The Morgan fingerprint density at radius 2 is 1.30 bits per heavy atom. The molecule has 0 atom stereocenters. The summed E-state index contributed by atoms with van der Waals surface area (Å²) in [5.41, 5.74) is 1.64. The first-order chi connectivity index (χ1) is 14.8. The van der Waals surface area contributed by atoms with Crippen molar-refractivity contribution >= 4 is 11.4 Å². The Balaban J connectivity index is 2.11. The van der Waals surface area contributed by atoms with Gasteiger partial charge < -0.3 is 9.64 Å². The Labute approximate surface area is 186 Å². The molecular weight excluding hydrogens is 370 g/mol. The lowest BCUT2D eigenvalue weighted by atomic mass is 10.0. The van der Waals surface area contributed by atoms with Crippen molar-refractivity contribution in [2.45, 2.75) is 111 Å². The van der Waals surface area contributed by atoms with Gasteiger partial charge in [0.2, 0.25) is 11.1 Å². The Morgan fingerprint density at radius 1 is 0.767 bits per heavy atom. The van der Waals surface area contributed by atoms with Gasteiger partial charge in [-0.1, -0.05) is 90.4 Å². The second-order valence-electron chi connectivity index (χ2n) is 8.36. The van der Waals surface area contributed by atoms with E-state index >= 15 is 0 Å². The first-order valence-electron chi connectivity index (χ1n) is 12.6. The van der Waals surface area contributed by atoms with Gasteiger partial charge in [-0.15, -0.1) is 0 Å². The molecule has 0 fully saturated rings. The lowest BCUT2D eigenvalue weighted by Crippen LogP contribution is -2.23. The minimum Gasteiger partial charge on any atom is -0.486 e. The number of anilines is 1. The first-order valence-corrected chi connectivity index (χ1v) is 12.6. The predicted octanol–water partition coefficient (Wildman–Crippen LogP) is 8.88. The minimum atomic E-state index is 0.494. The van der Waals surface area contributed by atoms with E-state index in [0.29, 0.717) is 18.0 Å². The normalized spacial score (nSPS) is 10.7. The SMILES string of the molecule is CCCCCCCCCCCCCCCCN(CC)c1ccc([N+]#N)c(OCC)c1. The van der Waals surface area contributed by atoms with Crippen molar-refractivity contribution in [2.75, 3.05) is 24.6 Å². The average Bonchev–Trinajstić information content (AvgIpc) is 2.77. The molecular formula is C26H46N3O+. The molecule has 0 bridgehead atoms. The molecule has 0 unspecified atom stereocenters. The van der Waals surface area contributed by atoms with Crippen LogP contribution in [0.4, 0.5) is 11.4 Å². The van der Waals surface area contributed by atoms with Crippen LogP contribution in [0, 0.1) is 5.39 Å². The molecule has 0 aromatic heterocycles. The summed E-state index contributed by atoms with van der Waals surface area (Å²) in [6, 6.07) is 5.84. The first kappa shape index (κ1) is 26.3. The van der Waals surface area contributed by atoms with E-state index in [1.165, 1.54) is 89.9 Å². The fourth-order valence-electron chi connectivity index (χ4n) is 4.02. The van der Waals surface area contributed by atoms with E-state index in [1.807, 2.05) is 25.1 Å². The molecule has 4 heteroatoms. The summed E-state index contributed by atoms with van der Waals surface area (Å²) in [6.45, 7) is 9.02. The molecule has 0 saturated heterocycles. The van der Waals surface area contributed by atoms with E-state index in [0.717, 1.165) is 18.8 Å². The van der Waals surface area contributed by atoms with Gasteiger partial charge in [-0.05, 0) is 26.3 Å². The largest absolute Gasteiger partial charge is 0.486 e. The molecule has 1 aromatic carbocycles. The smallest absolute Gasteiger partial charge is 0.426 e. The van der Waals surface area contributed by atoms with Crippen LogP contribution < -0.4 is 9.64 Å². The van der Waals surface area contributed by atoms with Crippen molar-refractivity contribution < 1.29 is 4.74 Å². The molecule has 0 saturated carbocycles. The minimum absolute atomic E-state index is 0.494. The van der Waals surface area contributed by atoms with Gasteiger partial charge in [0.05, 0.1) is 6.61 Å². The van der Waals surface area contributed by atoms with E-state index in [9.17, 15) is 0 Å². The van der Waals surface area contributed by atoms with Gasteiger partial charge in [0.25, 0.3) is 0 Å². The van der Waals surface area contributed by atoms with Crippen molar-refractivity contribution in [3.63, 3.8) is 0 Å². The van der Waals surface area contributed by atoms with Gasteiger partial charge in [0.1, 0.15) is 0 Å². The van der Waals surface area contributed by atoms with Crippen LogP contribution in [0.15, 0.2) is 18.2 Å². The van der Waals surface area contributed by atoms with Crippen LogP contribution in [-0.2, 0) is 0 Å². The zero-order valence-corrected chi connectivity index (χ0v) is 20.0. The fraction of sp³-hybridized carbons (Fsp3) is 0.769. The molecule has 0 spiro atoms. The van der Waals surface area contributed by atoms with Crippen molar-refractivity contribution in [3.8, 4) is 5.75 Å². The summed E-state index contributed by atoms with van der Waals surface area (Å²) in [5.74, 6) is 0.650. The number of hydrogen-bond donors (Lipinski definition) is 0. The summed E-state index contributed by atoms with van der Waals surface area (Å²) in [6.07, 6.45) is 19.4. The Kier molecular flexibility index (Phi) is 15.8. The zero-order valence-electron chi connectivity index (χ0n) is 20.0. The maximum Gasteiger partial charge on any atom is 0.426 e. The number of ether oxygens (including phenoxy) is 1. The molecule has 0 amide bonds. The second-order valence-corrected chi connectivity index (χ2v) is 8.36. The number of unbranched alkanes of at least 4 members (excludes halogenated alkanes) is 13. The highest BCUT2D eigenvalue weighted by atomic mass is 16.5. The third-order valence-corrected chi connectivity index (χ3v) is 5.88. The van der Waals surface area contributed by atoms with E-state index in [1.54, 1.807) is 0 Å². The molecule has 30 heavy (non-hydrogen) atoms. The molecule has 4 nitrogen and oxygen atoms in total. The fourth-order valence-corrected chi connectivity index (χ4v) is 4.02. The standard InChI is InChI=1S/C26H46N3O/c1-4-7-8-9-10-11-12-13-14-15-16-17-18-19-22-29(5-2)24-20-21-25(28-27)26(23-24)30-6-3/h20-21,23H,4-19,22H2,1-3H3/q+1. The van der Waals surface area contributed by atoms with Crippen molar-refractivity contribution in [2.24, 2.45) is 0 Å². The highest BCUT2D eigenvalue weighted by Crippen LogP contribution is 2.32. The van der Waals surface area contributed by atoms with Gasteiger partial charge >= 0.3 is 5.69 Å². The van der Waals surface area contributed by atoms with Gasteiger partial charge in [-0.3, -0.25) is 0 Å². The van der Waals surface area contributed by atoms with E-state index in [4.69, 9.17) is 10.1 Å². The highest BCUT2D eigenvalue weighted by molar-refractivity contribution is 5.64. The number of nitrogens with zero attached hydrogens (tertiary/aromatic N) is 3. The summed E-state index contributed by atoms with van der Waals surface area (Å²) in [5, 5.41) is 9.11. The molecule has 0 radical (unpaired) electrons. The van der Waals surface area contributed by atoms with Crippen LogP contribution in [0.3, 0.4) is 0 Å². The van der Waals surface area contributed by atoms with E-state index < -0.39 is 0 Å². The van der Waals surface area contributed by atoms with Crippen LogP contribution in [-0.4, -0.2) is 19.7 Å². The zero-order chi connectivity index (χ0) is 21.9. The summed E-state index contributed by atoms with van der Waals surface area (Å²) < 4.78 is 5.61. The van der Waals surface area contributed by atoms with Gasteiger partial charge in [-0.2, -0.15) is 0 Å². The monoisotopic (exact) mass is 416 g/mol. The third-order valence-electron chi connectivity index (χ3n) is 5.88. The Bertz CT molecular complexity index is 582. The van der Waals surface area contributed by atoms with Gasteiger partial charge in [0.15, 0.2) is 4.98 Å². The van der Waals surface area contributed by atoms with Crippen LogP contribution in [0.2, 0.25) is 0 Å². The third kappa shape index (κ3) is 11.4. The number of benzene rings is 1.